The topological polar surface area (TPSA) is 61.8 Å². The summed E-state index contributed by atoms with van der Waals surface area (Å²) < 4.78 is 5.48. The van der Waals surface area contributed by atoms with Crippen LogP contribution < -0.4 is 5.32 Å². The van der Waals surface area contributed by atoms with Gasteiger partial charge in [-0.25, -0.2) is 0 Å². The van der Waals surface area contributed by atoms with Gasteiger partial charge in [0, 0.05) is 18.6 Å². The minimum Gasteiger partial charge on any atom is -0.480 e. The Morgan fingerprint density at radius 1 is 1.43 bits per heavy atom. The van der Waals surface area contributed by atoms with Crippen molar-refractivity contribution in [1.29, 1.82) is 0 Å². The first-order chi connectivity index (χ1) is 10.1. The lowest BCUT2D eigenvalue weighted by atomic mass is 9.84. The summed E-state index contributed by atoms with van der Waals surface area (Å²) in [6.45, 7) is 5.77. The fourth-order valence-corrected chi connectivity index (χ4v) is 4.01. The molecule has 0 bridgehead atoms. The van der Waals surface area contributed by atoms with Crippen molar-refractivity contribution >= 4 is 5.97 Å². The van der Waals surface area contributed by atoms with Gasteiger partial charge in [0.1, 0.15) is 5.54 Å². The molecule has 3 unspecified atom stereocenters. The minimum atomic E-state index is -0.656. The third kappa shape index (κ3) is 3.25. The van der Waals surface area contributed by atoms with Gasteiger partial charge in [0.05, 0.1) is 13.2 Å². The van der Waals surface area contributed by atoms with Crippen LogP contribution in [0.3, 0.4) is 0 Å². The number of hydrogen-bond acceptors (Lipinski definition) is 4. The zero-order chi connectivity index (χ0) is 14.9. The van der Waals surface area contributed by atoms with Crippen molar-refractivity contribution in [3.8, 4) is 0 Å². The van der Waals surface area contributed by atoms with Crippen LogP contribution in [0.15, 0.2) is 0 Å². The average Bonchev–Trinajstić information content (AvgIpc) is 3.17. The number of nitrogens with zero attached hydrogens (tertiary/aromatic N) is 1. The molecule has 3 fully saturated rings. The Kier molecular flexibility index (Phi) is 4.52. The van der Waals surface area contributed by atoms with E-state index in [0.29, 0.717) is 12.1 Å². The molecule has 0 aromatic carbocycles. The molecule has 1 aliphatic heterocycles. The van der Waals surface area contributed by atoms with Gasteiger partial charge in [0.15, 0.2) is 0 Å². The Morgan fingerprint density at radius 3 is 2.90 bits per heavy atom. The van der Waals surface area contributed by atoms with E-state index in [1.54, 1.807) is 0 Å². The maximum Gasteiger partial charge on any atom is 0.324 e. The van der Waals surface area contributed by atoms with Crippen LogP contribution in [0.25, 0.3) is 0 Å². The van der Waals surface area contributed by atoms with Gasteiger partial charge in [-0.15, -0.1) is 0 Å². The van der Waals surface area contributed by atoms with Crippen LogP contribution in [0.2, 0.25) is 0 Å². The van der Waals surface area contributed by atoms with Crippen LogP contribution in [0, 0.1) is 5.92 Å². The van der Waals surface area contributed by atoms with E-state index in [0.717, 1.165) is 64.8 Å². The van der Waals surface area contributed by atoms with Gasteiger partial charge in [-0.1, -0.05) is 6.42 Å². The number of carbonyl (C=O) groups is 1. The summed E-state index contributed by atoms with van der Waals surface area (Å²) in [6, 6.07) is 0.903. The lowest BCUT2D eigenvalue weighted by Crippen LogP contribution is -2.56. The van der Waals surface area contributed by atoms with Gasteiger partial charge in [0.25, 0.3) is 0 Å². The Bertz CT molecular complexity index is 386. The van der Waals surface area contributed by atoms with E-state index < -0.39 is 11.5 Å². The highest BCUT2D eigenvalue weighted by molar-refractivity contribution is 5.80. The van der Waals surface area contributed by atoms with E-state index in [1.807, 2.05) is 0 Å². The largest absolute Gasteiger partial charge is 0.480 e. The Morgan fingerprint density at radius 2 is 2.24 bits per heavy atom. The summed E-state index contributed by atoms with van der Waals surface area (Å²) in [5, 5.41) is 13.3. The molecule has 5 heteroatoms. The standard InChI is InChI=1S/C16H28N2O3/c1-12-11-21-10-9-18(12)8-6-13-3-2-7-16(13,15(19)20)17-14-4-5-14/h12-14,17H,2-11H2,1H3,(H,19,20). The van der Waals surface area contributed by atoms with Crippen molar-refractivity contribution in [2.24, 2.45) is 5.92 Å². The lowest BCUT2D eigenvalue weighted by Gasteiger charge is -2.37. The fraction of sp³-hybridized carbons (Fsp3) is 0.938. The lowest BCUT2D eigenvalue weighted by molar-refractivity contribution is -0.147. The molecule has 0 radical (unpaired) electrons. The molecule has 2 saturated carbocycles. The SMILES string of the molecule is CC1COCCN1CCC1CCCC1(NC1CC1)C(=O)O. The summed E-state index contributed by atoms with van der Waals surface area (Å²) in [6.07, 6.45) is 6.14. The number of hydrogen-bond donors (Lipinski definition) is 2. The van der Waals surface area contributed by atoms with Crippen molar-refractivity contribution < 1.29 is 14.6 Å². The zero-order valence-electron chi connectivity index (χ0n) is 13.0. The summed E-state index contributed by atoms with van der Waals surface area (Å²) in [5.41, 5.74) is -0.656. The number of morpholine rings is 1. The first-order valence-corrected chi connectivity index (χ1v) is 8.45. The van der Waals surface area contributed by atoms with Crippen LogP contribution in [0.5, 0.6) is 0 Å². The number of carboxylic acids is 1. The van der Waals surface area contributed by atoms with Gasteiger partial charge < -0.3 is 9.84 Å². The first kappa shape index (κ1) is 15.3. The normalized spacial score (nSPS) is 37.8. The van der Waals surface area contributed by atoms with E-state index in [9.17, 15) is 9.90 Å². The summed E-state index contributed by atoms with van der Waals surface area (Å²) in [7, 11) is 0. The van der Waals surface area contributed by atoms with E-state index in [2.05, 4.69) is 17.1 Å². The van der Waals surface area contributed by atoms with E-state index in [1.165, 1.54) is 0 Å². The molecule has 3 atom stereocenters. The highest BCUT2D eigenvalue weighted by atomic mass is 16.5. The maximum absolute atomic E-state index is 11.9. The van der Waals surface area contributed by atoms with Crippen molar-refractivity contribution in [3.63, 3.8) is 0 Å². The van der Waals surface area contributed by atoms with Crippen molar-refractivity contribution in [1.82, 2.24) is 10.2 Å². The molecule has 1 saturated heterocycles. The number of carboxylic acid groups (broad SMARTS) is 1. The maximum atomic E-state index is 11.9. The van der Waals surface area contributed by atoms with Crippen LogP contribution in [0.4, 0.5) is 0 Å². The van der Waals surface area contributed by atoms with Gasteiger partial charge >= 0.3 is 5.97 Å². The van der Waals surface area contributed by atoms with E-state index >= 15 is 0 Å². The van der Waals surface area contributed by atoms with Gasteiger partial charge in [-0.2, -0.15) is 0 Å². The zero-order valence-corrected chi connectivity index (χ0v) is 13.0. The predicted octanol–water partition coefficient (Wildman–Crippen LogP) is 1.47. The highest BCUT2D eigenvalue weighted by Gasteiger charge is 2.51. The molecule has 0 amide bonds. The smallest absolute Gasteiger partial charge is 0.324 e. The van der Waals surface area contributed by atoms with Gasteiger partial charge in [-0.3, -0.25) is 15.0 Å². The average molecular weight is 296 g/mol. The highest BCUT2D eigenvalue weighted by Crippen LogP contribution is 2.41. The molecular formula is C16H28N2O3. The molecule has 0 aromatic rings. The number of ether oxygens (including phenoxy) is 1. The molecule has 21 heavy (non-hydrogen) atoms. The third-order valence-corrected chi connectivity index (χ3v) is 5.51. The summed E-state index contributed by atoms with van der Waals surface area (Å²) in [5.74, 6) is -0.363. The second-order valence-electron chi connectivity index (χ2n) is 7.03. The molecule has 120 valence electrons. The number of rotatable bonds is 6. The molecule has 0 aromatic heterocycles. The quantitative estimate of drug-likeness (QED) is 0.777. The molecular weight excluding hydrogens is 268 g/mol. The monoisotopic (exact) mass is 296 g/mol. The molecule has 3 rings (SSSR count). The van der Waals surface area contributed by atoms with Gasteiger partial charge in [0.2, 0.25) is 0 Å². The fourth-order valence-electron chi connectivity index (χ4n) is 4.01. The molecule has 0 spiro atoms. The van der Waals surface area contributed by atoms with Crippen LogP contribution in [-0.2, 0) is 9.53 Å². The predicted molar refractivity (Wildman–Crippen MR) is 80.3 cm³/mol. The van der Waals surface area contributed by atoms with Crippen molar-refractivity contribution in [3.05, 3.63) is 0 Å². The van der Waals surface area contributed by atoms with Gasteiger partial charge in [-0.05, 0) is 51.5 Å². The second-order valence-corrected chi connectivity index (χ2v) is 7.03. The van der Waals surface area contributed by atoms with Crippen molar-refractivity contribution in [2.45, 2.75) is 63.1 Å². The van der Waals surface area contributed by atoms with Crippen molar-refractivity contribution in [2.75, 3.05) is 26.3 Å². The van der Waals surface area contributed by atoms with E-state index in [4.69, 9.17) is 4.74 Å². The molecule has 3 aliphatic rings. The van der Waals surface area contributed by atoms with Crippen LogP contribution >= 0.6 is 0 Å². The number of aliphatic carboxylic acids is 1. The third-order valence-electron chi connectivity index (χ3n) is 5.51. The summed E-state index contributed by atoms with van der Waals surface area (Å²) >= 11 is 0. The Balaban J connectivity index is 1.60. The molecule has 5 nitrogen and oxygen atoms in total. The van der Waals surface area contributed by atoms with Crippen LogP contribution in [-0.4, -0.2) is 59.9 Å². The number of nitrogens with one attached hydrogen (secondary N) is 1. The minimum absolute atomic E-state index is 0.269. The molecule has 2 N–H and O–H groups in total. The molecule has 2 aliphatic carbocycles. The second kappa shape index (κ2) is 6.23. The Labute approximate surface area is 127 Å². The molecule has 1 heterocycles. The Hall–Kier alpha value is -0.650. The first-order valence-electron chi connectivity index (χ1n) is 8.45. The van der Waals surface area contributed by atoms with E-state index in [-0.39, 0.29) is 5.92 Å². The van der Waals surface area contributed by atoms with Crippen LogP contribution in [0.1, 0.15) is 45.4 Å². The summed E-state index contributed by atoms with van der Waals surface area (Å²) in [4.78, 5) is 14.4.